The van der Waals surface area contributed by atoms with Crippen LogP contribution >= 0.6 is 11.6 Å². The van der Waals surface area contributed by atoms with Crippen LogP contribution in [0.2, 0.25) is 0 Å². The molecule has 162 valence electrons. The maximum absolute atomic E-state index is 11.1. The summed E-state index contributed by atoms with van der Waals surface area (Å²) in [6, 6.07) is 0. The first kappa shape index (κ1) is 25.2. The molecule has 1 aliphatic rings. The van der Waals surface area contributed by atoms with Crippen LogP contribution in [0.15, 0.2) is 24.3 Å². The third-order valence-corrected chi connectivity index (χ3v) is 6.44. The smallest absolute Gasteiger partial charge is 0.305 e. The highest BCUT2D eigenvalue weighted by Gasteiger charge is 2.39. The lowest BCUT2D eigenvalue weighted by Crippen LogP contribution is -2.28. The average Bonchev–Trinajstić information content (AvgIpc) is 2.93. The van der Waals surface area contributed by atoms with E-state index in [-0.39, 0.29) is 28.6 Å². The van der Waals surface area contributed by atoms with Gasteiger partial charge in [-0.25, -0.2) is 0 Å². The molecular weight excluding hydrogens is 376 g/mol. The minimum atomic E-state index is -0.528. The summed E-state index contributed by atoms with van der Waals surface area (Å²) in [4.78, 5) is 11.1. The Morgan fingerprint density at radius 3 is 2.64 bits per heavy atom. The van der Waals surface area contributed by atoms with Crippen molar-refractivity contribution in [1.82, 2.24) is 0 Å². The fourth-order valence-electron chi connectivity index (χ4n) is 3.84. The molecule has 0 heterocycles. The van der Waals surface area contributed by atoms with Gasteiger partial charge in [0.05, 0.1) is 19.3 Å². The van der Waals surface area contributed by atoms with Crippen LogP contribution in [-0.4, -0.2) is 40.9 Å². The molecule has 0 bridgehead atoms. The highest BCUT2D eigenvalue weighted by Crippen LogP contribution is 2.40. The van der Waals surface area contributed by atoms with Crippen LogP contribution in [0.4, 0.5) is 0 Å². The van der Waals surface area contributed by atoms with Crippen molar-refractivity contribution in [2.75, 3.05) is 7.11 Å². The van der Waals surface area contributed by atoms with Gasteiger partial charge in [0.1, 0.15) is 0 Å². The lowest BCUT2D eigenvalue weighted by Gasteiger charge is -2.29. The molecule has 2 N–H and O–H groups in total. The van der Waals surface area contributed by atoms with Gasteiger partial charge in [-0.15, -0.1) is 11.6 Å². The summed E-state index contributed by atoms with van der Waals surface area (Å²) < 4.78 is 4.62. The highest BCUT2D eigenvalue weighted by atomic mass is 35.5. The van der Waals surface area contributed by atoms with E-state index in [4.69, 9.17) is 11.6 Å². The minimum absolute atomic E-state index is 0.0254. The third kappa shape index (κ3) is 8.26. The zero-order chi connectivity index (χ0) is 21.2. The summed E-state index contributed by atoms with van der Waals surface area (Å²) in [6.45, 7) is 6.33. The van der Waals surface area contributed by atoms with Gasteiger partial charge in [0, 0.05) is 17.7 Å². The standard InChI is InChI=1S/C23H39ClO4/c1-5-6-15-23(2,3)21(26)14-13-18-17(19(24)16-20(18)25)11-9-7-8-10-12-22(27)28-4/h7-8,13-14,17-21,25-26H,5-6,9-12,15-16H2,1-4H3/t17-,18-,19-,20-,21-/m1/s1. The Balaban J connectivity index is 2.58. The molecule has 1 rings (SSSR count). The SMILES string of the molecule is CCCCC(C)(C)[C@H](O)C=C[C@@H]1[C@@H](CCC=CCCC(=O)OC)[C@H](Cl)C[C@H]1O. The molecule has 0 radical (unpaired) electrons. The number of allylic oxidation sites excluding steroid dienone is 2. The summed E-state index contributed by atoms with van der Waals surface area (Å²) in [7, 11) is 1.40. The fourth-order valence-corrected chi connectivity index (χ4v) is 4.31. The molecular formula is C23H39ClO4. The molecule has 5 heteroatoms. The van der Waals surface area contributed by atoms with Crippen molar-refractivity contribution < 1.29 is 19.7 Å². The number of hydrogen-bond donors (Lipinski definition) is 2. The van der Waals surface area contributed by atoms with E-state index >= 15 is 0 Å². The van der Waals surface area contributed by atoms with Gasteiger partial charge in [-0.1, -0.05) is 57.9 Å². The van der Waals surface area contributed by atoms with Gasteiger partial charge < -0.3 is 14.9 Å². The summed E-state index contributed by atoms with van der Waals surface area (Å²) in [5.41, 5.74) is -0.172. The van der Waals surface area contributed by atoms with Gasteiger partial charge in [0.2, 0.25) is 0 Å². The number of unbranched alkanes of at least 4 members (excludes halogenated alkanes) is 1. The molecule has 0 unspecified atom stereocenters. The molecule has 4 nitrogen and oxygen atoms in total. The predicted octanol–water partition coefficient (Wildman–Crippen LogP) is 5.01. The number of carbonyl (C=O) groups is 1. The van der Waals surface area contributed by atoms with E-state index < -0.39 is 12.2 Å². The van der Waals surface area contributed by atoms with Crippen molar-refractivity contribution in [2.45, 2.75) is 89.7 Å². The van der Waals surface area contributed by atoms with Crippen LogP contribution in [0.1, 0.15) is 72.1 Å². The summed E-state index contributed by atoms with van der Waals surface area (Å²) in [6.07, 6.45) is 13.5. The molecule has 28 heavy (non-hydrogen) atoms. The Bertz CT molecular complexity index is 515. The monoisotopic (exact) mass is 414 g/mol. The van der Waals surface area contributed by atoms with Gasteiger partial charge in [-0.2, -0.15) is 0 Å². The maximum Gasteiger partial charge on any atom is 0.305 e. The predicted molar refractivity (Wildman–Crippen MR) is 115 cm³/mol. The number of carbonyl (C=O) groups excluding carboxylic acids is 1. The Morgan fingerprint density at radius 2 is 2.00 bits per heavy atom. The number of alkyl halides is 1. The zero-order valence-corrected chi connectivity index (χ0v) is 18.7. The first-order chi connectivity index (χ1) is 13.2. The summed E-state index contributed by atoms with van der Waals surface area (Å²) in [5.74, 6) is -0.0401. The van der Waals surface area contributed by atoms with Crippen molar-refractivity contribution >= 4 is 17.6 Å². The van der Waals surface area contributed by atoms with Crippen molar-refractivity contribution in [2.24, 2.45) is 17.3 Å². The second-order valence-corrected chi connectivity index (χ2v) is 9.21. The summed E-state index contributed by atoms with van der Waals surface area (Å²) >= 11 is 6.50. The first-order valence-corrected chi connectivity index (χ1v) is 11.1. The van der Waals surface area contributed by atoms with Gasteiger partial charge in [0.25, 0.3) is 0 Å². The molecule has 5 atom stereocenters. The number of ether oxygens (including phenoxy) is 1. The van der Waals surface area contributed by atoms with E-state index in [1.165, 1.54) is 7.11 Å². The molecule has 1 aliphatic carbocycles. The normalized spacial score (nSPS) is 27.0. The molecule has 0 aromatic rings. The van der Waals surface area contributed by atoms with Gasteiger partial charge in [0.15, 0.2) is 0 Å². The number of aliphatic hydroxyl groups is 2. The molecule has 0 saturated heterocycles. The van der Waals surface area contributed by atoms with Crippen LogP contribution in [0.3, 0.4) is 0 Å². The molecule has 0 amide bonds. The number of methoxy groups -OCH3 is 1. The van der Waals surface area contributed by atoms with E-state index in [0.717, 1.165) is 32.1 Å². The van der Waals surface area contributed by atoms with Crippen LogP contribution < -0.4 is 0 Å². The maximum atomic E-state index is 11.1. The number of rotatable bonds is 12. The molecule has 0 aromatic heterocycles. The Labute approximate surface area is 176 Å². The summed E-state index contributed by atoms with van der Waals surface area (Å²) in [5, 5.41) is 21.0. The van der Waals surface area contributed by atoms with Crippen molar-refractivity contribution in [1.29, 1.82) is 0 Å². The van der Waals surface area contributed by atoms with E-state index in [0.29, 0.717) is 19.3 Å². The number of aliphatic hydroxyl groups excluding tert-OH is 2. The largest absolute Gasteiger partial charge is 0.469 e. The second-order valence-electron chi connectivity index (χ2n) is 8.65. The topological polar surface area (TPSA) is 66.8 Å². The third-order valence-electron chi connectivity index (χ3n) is 5.94. The van der Waals surface area contributed by atoms with Crippen LogP contribution in [-0.2, 0) is 9.53 Å². The van der Waals surface area contributed by atoms with Gasteiger partial charge >= 0.3 is 5.97 Å². The van der Waals surface area contributed by atoms with Gasteiger partial charge in [-0.05, 0) is 43.4 Å². The fraction of sp³-hybridized carbons (Fsp3) is 0.783. The van der Waals surface area contributed by atoms with E-state index in [9.17, 15) is 15.0 Å². The van der Waals surface area contributed by atoms with Crippen LogP contribution in [0.5, 0.6) is 0 Å². The molecule has 0 aliphatic heterocycles. The lowest BCUT2D eigenvalue weighted by molar-refractivity contribution is -0.140. The molecule has 0 aromatic carbocycles. The van der Waals surface area contributed by atoms with Crippen molar-refractivity contribution in [3.63, 3.8) is 0 Å². The van der Waals surface area contributed by atoms with E-state index in [1.54, 1.807) is 0 Å². The quantitative estimate of drug-likeness (QED) is 0.267. The first-order valence-electron chi connectivity index (χ1n) is 10.6. The van der Waals surface area contributed by atoms with E-state index in [1.807, 2.05) is 18.2 Å². The lowest BCUT2D eigenvalue weighted by atomic mass is 9.80. The Morgan fingerprint density at radius 1 is 1.32 bits per heavy atom. The molecule has 0 spiro atoms. The number of hydrogen-bond acceptors (Lipinski definition) is 4. The number of esters is 1. The van der Waals surface area contributed by atoms with Crippen molar-refractivity contribution in [3.8, 4) is 0 Å². The Kier molecular flexibility index (Phi) is 11.4. The Hall–Kier alpha value is -0.840. The molecule has 1 fully saturated rings. The number of halogens is 1. The van der Waals surface area contributed by atoms with Crippen LogP contribution in [0, 0.1) is 17.3 Å². The minimum Gasteiger partial charge on any atom is -0.469 e. The van der Waals surface area contributed by atoms with Crippen molar-refractivity contribution in [3.05, 3.63) is 24.3 Å². The van der Waals surface area contributed by atoms with Crippen LogP contribution in [0.25, 0.3) is 0 Å². The zero-order valence-electron chi connectivity index (χ0n) is 17.9. The van der Waals surface area contributed by atoms with Gasteiger partial charge in [-0.3, -0.25) is 4.79 Å². The molecule has 1 saturated carbocycles. The highest BCUT2D eigenvalue weighted by molar-refractivity contribution is 6.21. The average molecular weight is 415 g/mol. The van der Waals surface area contributed by atoms with E-state index in [2.05, 4.69) is 31.6 Å². The second kappa shape index (κ2) is 12.7.